The van der Waals surface area contributed by atoms with Crippen LogP contribution >= 0.6 is 11.8 Å². The van der Waals surface area contributed by atoms with E-state index in [0.29, 0.717) is 27.8 Å². The first-order valence-corrected chi connectivity index (χ1v) is 10.9. The predicted molar refractivity (Wildman–Crippen MR) is 116 cm³/mol. The molecule has 1 aliphatic rings. The zero-order chi connectivity index (χ0) is 21.3. The SMILES string of the molecule is CSC1CCC(Nc2cc(-n3ncc4cc(C#N)c(N)nc43)ncc2C(=O)O)CC1. The molecule has 4 N–H and O–H groups in total. The molecule has 1 saturated carbocycles. The van der Waals surface area contributed by atoms with E-state index in [-0.39, 0.29) is 23.0 Å². The maximum absolute atomic E-state index is 11.7. The topological polar surface area (TPSA) is 143 Å². The van der Waals surface area contributed by atoms with Crippen molar-refractivity contribution in [2.45, 2.75) is 37.0 Å². The summed E-state index contributed by atoms with van der Waals surface area (Å²) in [7, 11) is 0. The number of nitrogens with one attached hydrogen (secondary N) is 1. The number of rotatable bonds is 5. The lowest BCUT2D eigenvalue weighted by Gasteiger charge is -2.29. The summed E-state index contributed by atoms with van der Waals surface area (Å²) in [4.78, 5) is 20.3. The second-order valence-electron chi connectivity index (χ2n) is 7.25. The average Bonchev–Trinajstić information content (AvgIpc) is 3.16. The van der Waals surface area contributed by atoms with Gasteiger partial charge in [-0.05, 0) is 38.0 Å². The quantitative estimate of drug-likeness (QED) is 0.564. The van der Waals surface area contributed by atoms with Gasteiger partial charge in [0.15, 0.2) is 11.5 Å². The minimum Gasteiger partial charge on any atom is -0.478 e. The zero-order valence-electron chi connectivity index (χ0n) is 16.4. The average molecular weight is 424 g/mol. The third kappa shape index (κ3) is 3.76. The second-order valence-corrected chi connectivity index (χ2v) is 8.39. The number of thioether (sulfide) groups is 1. The van der Waals surface area contributed by atoms with Crippen LogP contribution in [-0.2, 0) is 0 Å². The number of carboxylic acids is 1. The van der Waals surface area contributed by atoms with Crippen molar-refractivity contribution in [1.29, 1.82) is 5.26 Å². The summed E-state index contributed by atoms with van der Waals surface area (Å²) in [6.07, 6.45) is 9.22. The third-order valence-corrected chi connectivity index (χ3v) is 6.54. The van der Waals surface area contributed by atoms with Crippen LogP contribution in [0.5, 0.6) is 0 Å². The zero-order valence-corrected chi connectivity index (χ0v) is 17.2. The first-order valence-electron chi connectivity index (χ1n) is 9.57. The van der Waals surface area contributed by atoms with E-state index in [1.54, 1.807) is 18.3 Å². The fraction of sp³-hybridized carbons (Fsp3) is 0.350. The van der Waals surface area contributed by atoms with E-state index in [1.165, 1.54) is 10.9 Å². The first-order chi connectivity index (χ1) is 14.5. The number of hydrogen-bond acceptors (Lipinski definition) is 8. The molecule has 0 spiro atoms. The van der Waals surface area contributed by atoms with Crippen LogP contribution in [-0.4, -0.2) is 48.4 Å². The number of carbonyl (C=O) groups is 1. The highest BCUT2D eigenvalue weighted by Crippen LogP contribution is 2.30. The van der Waals surface area contributed by atoms with Gasteiger partial charge in [0.1, 0.15) is 17.5 Å². The van der Waals surface area contributed by atoms with E-state index >= 15 is 0 Å². The van der Waals surface area contributed by atoms with Crippen LogP contribution in [0.2, 0.25) is 0 Å². The van der Waals surface area contributed by atoms with Crippen molar-refractivity contribution in [3.63, 3.8) is 0 Å². The summed E-state index contributed by atoms with van der Waals surface area (Å²) in [6.45, 7) is 0. The van der Waals surface area contributed by atoms with Gasteiger partial charge in [0.25, 0.3) is 0 Å². The Morgan fingerprint density at radius 1 is 1.33 bits per heavy atom. The molecule has 10 heteroatoms. The Labute approximate surface area is 177 Å². The molecule has 0 aliphatic heterocycles. The minimum absolute atomic E-state index is 0.109. The number of nitriles is 1. The molecule has 0 aromatic carbocycles. The van der Waals surface area contributed by atoms with Crippen molar-refractivity contribution in [2.24, 2.45) is 0 Å². The number of nitrogens with zero attached hydrogens (tertiary/aromatic N) is 5. The summed E-state index contributed by atoms with van der Waals surface area (Å²) in [5.41, 5.74) is 7.20. The molecule has 0 unspecified atom stereocenters. The highest BCUT2D eigenvalue weighted by Gasteiger charge is 2.23. The smallest absolute Gasteiger partial charge is 0.339 e. The molecule has 3 aromatic heterocycles. The molecule has 0 atom stereocenters. The van der Waals surface area contributed by atoms with Crippen molar-refractivity contribution in [3.8, 4) is 11.9 Å². The molecule has 3 aromatic rings. The van der Waals surface area contributed by atoms with Crippen LogP contribution in [0.25, 0.3) is 16.9 Å². The Morgan fingerprint density at radius 2 is 2.10 bits per heavy atom. The number of hydrogen-bond donors (Lipinski definition) is 3. The Morgan fingerprint density at radius 3 is 2.77 bits per heavy atom. The molecule has 0 radical (unpaired) electrons. The summed E-state index contributed by atoms with van der Waals surface area (Å²) < 4.78 is 1.49. The van der Waals surface area contributed by atoms with Crippen LogP contribution < -0.4 is 11.1 Å². The fourth-order valence-corrected chi connectivity index (χ4v) is 4.49. The first kappa shape index (κ1) is 20.0. The van der Waals surface area contributed by atoms with Gasteiger partial charge in [-0.1, -0.05) is 0 Å². The summed E-state index contributed by atoms with van der Waals surface area (Å²) in [5, 5.41) is 27.8. The summed E-state index contributed by atoms with van der Waals surface area (Å²) >= 11 is 1.89. The maximum Gasteiger partial charge on any atom is 0.339 e. The van der Waals surface area contributed by atoms with Crippen molar-refractivity contribution in [3.05, 3.63) is 35.7 Å². The van der Waals surface area contributed by atoms with Crippen LogP contribution in [0.4, 0.5) is 11.5 Å². The number of carboxylic acid groups (broad SMARTS) is 1. The number of aromatic nitrogens is 4. The Balaban J connectivity index is 1.69. The van der Waals surface area contributed by atoms with Gasteiger partial charge in [-0.3, -0.25) is 0 Å². The van der Waals surface area contributed by atoms with E-state index in [2.05, 4.69) is 26.6 Å². The highest BCUT2D eigenvalue weighted by molar-refractivity contribution is 7.99. The lowest BCUT2D eigenvalue weighted by molar-refractivity contribution is 0.0697. The molecule has 0 bridgehead atoms. The highest BCUT2D eigenvalue weighted by atomic mass is 32.2. The van der Waals surface area contributed by atoms with Crippen molar-refractivity contribution >= 4 is 40.3 Å². The van der Waals surface area contributed by atoms with Crippen LogP contribution in [0.1, 0.15) is 41.6 Å². The summed E-state index contributed by atoms with van der Waals surface area (Å²) in [5.74, 6) is -0.509. The van der Waals surface area contributed by atoms with E-state index < -0.39 is 5.97 Å². The molecule has 1 fully saturated rings. The molecule has 0 saturated heterocycles. The Hall–Kier alpha value is -3.32. The van der Waals surface area contributed by atoms with Crippen LogP contribution in [0, 0.1) is 11.3 Å². The van der Waals surface area contributed by atoms with E-state index in [4.69, 9.17) is 11.0 Å². The lowest BCUT2D eigenvalue weighted by atomic mass is 9.94. The standard InChI is InChI=1S/C20H21N7O2S/c1-30-14-4-2-13(3-5-14)25-16-7-17(23-10-15(16)20(28)29)27-19-12(9-24-27)6-11(8-21)18(22)26-19/h6-7,9-10,13-14H,2-5H2,1H3,(H2,22,26)(H,23,25)(H,28,29). The van der Waals surface area contributed by atoms with Gasteiger partial charge < -0.3 is 16.2 Å². The molecular weight excluding hydrogens is 402 g/mol. The van der Waals surface area contributed by atoms with Gasteiger partial charge in [-0.25, -0.2) is 14.8 Å². The number of anilines is 2. The van der Waals surface area contributed by atoms with Gasteiger partial charge in [0.05, 0.1) is 17.4 Å². The molecule has 0 amide bonds. The largest absolute Gasteiger partial charge is 0.478 e. The third-order valence-electron chi connectivity index (χ3n) is 5.40. The van der Waals surface area contributed by atoms with Gasteiger partial charge in [0.2, 0.25) is 0 Å². The molecule has 9 nitrogen and oxygen atoms in total. The predicted octanol–water partition coefficient (Wildman–Crippen LogP) is 3.05. The molecule has 1 aliphatic carbocycles. The summed E-state index contributed by atoms with van der Waals surface area (Å²) in [6, 6.07) is 5.51. The van der Waals surface area contributed by atoms with Crippen LogP contribution in [0.3, 0.4) is 0 Å². The Kier molecular flexibility index (Phi) is 5.46. The minimum atomic E-state index is -1.04. The monoisotopic (exact) mass is 423 g/mol. The molecule has 154 valence electrons. The number of fused-ring (bicyclic) bond motifs is 1. The fourth-order valence-electron chi connectivity index (χ4n) is 3.74. The van der Waals surface area contributed by atoms with Crippen molar-refractivity contribution in [1.82, 2.24) is 19.7 Å². The number of pyridine rings is 2. The lowest BCUT2D eigenvalue weighted by Crippen LogP contribution is -2.28. The van der Waals surface area contributed by atoms with E-state index in [9.17, 15) is 9.90 Å². The molecular formula is C20H21N7O2S. The maximum atomic E-state index is 11.7. The van der Waals surface area contributed by atoms with Gasteiger partial charge in [-0.2, -0.15) is 26.8 Å². The number of nitrogens with two attached hydrogens (primary N) is 1. The van der Waals surface area contributed by atoms with E-state index in [0.717, 1.165) is 25.7 Å². The second kappa shape index (κ2) is 8.20. The normalized spacial score (nSPS) is 18.8. The number of aromatic carboxylic acids is 1. The molecule has 30 heavy (non-hydrogen) atoms. The van der Waals surface area contributed by atoms with Crippen molar-refractivity contribution < 1.29 is 9.90 Å². The van der Waals surface area contributed by atoms with E-state index in [1.807, 2.05) is 17.8 Å². The van der Waals surface area contributed by atoms with Crippen LogP contribution in [0.15, 0.2) is 24.5 Å². The molecule has 4 rings (SSSR count). The van der Waals surface area contributed by atoms with Gasteiger partial charge in [-0.15, -0.1) is 0 Å². The molecule has 3 heterocycles. The Bertz CT molecular complexity index is 1150. The van der Waals surface area contributed by atoms with Gasteiger partial charge in [0, 0.05) is 28.9 Å². The van der Waals surface area contributed by atoms with Crippen molar-refractivity contribution in [2.75, 3.05) is 17.3 Å². The van der Waals surface area contributed by atoms with Gasteiger partial charge >= 0.3 is 5.97 Å². The number of nitrogen functional groups attached to an aromatic ring is 1.